The average Bonchev–Trinajstić information content (AvgIpc) is 2.68. The molecule has 2 fully saturated rings. The van der Waals surface area contributed by atoms with Gasteiger partial charge in [-0.05, 0) is 43.9 Å². The van der Waals surface area contributed by atoms with E-state index in [1.54, 1.807) is 13.2 Å². The van der Waals surface area contributed by atoms with Crippen molar-refractivity contribution >= 4 is 11.8 Å². The van der Waals surface area contributed by atoms with Crippen molar-refractivity contribution in [3.63, 3.8) is 0 Å². The number of piperidine rings is 2. The molecule has 142 valence electrons. The molecular weight excluding hydrogens is 332 g/mol. The van der Waals surface area contributed by atoms with Gasteiger partial charge in [0.05, 0.1) is 7.11 Å². The molecule has 0 radical (unpaired) electrons. The molecule has 3 rings (SSSR count). The first-order valence-corrected chi connectivity index (χ1v) is 9.39. The molecule has 2 amide bonds. The summed E-state index contributed by atoms with van der Waals surface area (Å²) < 4.78 is 5.23. The third-order valence-electron chi connectivity index (χ3n) is 5.60. The zero-order valence-corrected chi connectivity index (χ0v) is 15.4. The maximum absolute atomic E-state index is 13.0. The van der Waals surface area contributed by atoms with Gasteiger partial charge < -0.3 is 19.6 Å². The minimum atomic E-state index is -0.0177. The van der Waals surface area contributed by atoms with Crippen molar-refractivity contribution in [2.45, 2.75) is 32.1 Å². The summed E-state index contributed by atoms with van der Waals surface area (Å²) in [5.41, 5.74) is 0.626. The van der Waals surface area contributed by atoms with Gasteiger partial charge in [-0.3, -0.25) is 9.59 Å². The second kappa shape index (κ2) is 8.08. The molecule has 2 aliphatic rings. The van der Waals surface area contributed by atoms with E-state index in [1.165, 1.54) is 0 Å². The summed E-state index contributed by atoms with van der Waals surface area (Å²) in [6.45, 7) is 2.82. The number of hydrogen-bond acceptors (Lipinski definition) is 4. The van der Waals surface area contributed by atoms with Crippen molar-refractivity contribution in [3.8, 4) is 5.75 Å². The normalized spacial score (nSPS) is 23.4. The van der Waals surface area contributed by atoms with E-state index in [-0.39, 0.29) is 23.8 Å². The number of hydrogen-bond donors (Lipinski definition) is 1. The van der Waals surface area contributed by atoms with Crippen molar-refractivity contribution in [1.29, 1.82) is 0 Å². The highest BCUT2D eigenvalue weighted by molar-refractivity contribution is 5.94. The molecule has 1 aromatic rings. The number of likely N-dealkylation sites (tertiary alicyclic amines) is 2. The lowest BCUT2D eigenvalue weighted by Crippen LogP contribution is -2.55. The molecule has 0 unspecified atom stereocenters. The SMILES string of the molecule is COc1cccc(C(=O)N2CCC[C@]3(CCC(=O)N(CCCO)C3)C2)c1. The second-order valence-electron chi connectivity index (χ2n) is 7.45. The Balaban J connectivity index is 1.71. The summed E-state index contributed by atoms with van der Waals surface area (Å²) in [6.07, 6.45) is 3.97. The molecule has 1 N–H and O–H groups in total. The van der Waals surface area contributed by atoms with Crippen LogP contribution in [0.25, 0.3) is 0 Å². The van der Waals surface area contributed by atoms with Crippen LogP contribution in [-0.4, -0.2) is 66.6 Å². The standard InChI is InChI=1S/C20H28N2O4/c1-26-17-6-2-5-16(13-17)19(25)22-10-3-8-20(15-22)9-7-18(24)21(14-20)11-4-12-23/h2,5-6,13,23H,3-4,7-12,14-15H2,1H3/t20-/m1/s1. The van der Waals surface area contributed by atoms with E-state index in [0.29, 0.717) is 43.8 Å². The third-order valence-corrected chi connectivity index (χ3v) is 5.60. The summed E-state index contributed by atoms with van der Waals surface area (Å²) in [6, 6.07) is 7.27. The van der Waals surface area contributed by atoms with E-state index in [0.717, 1.165) is 25.8 Å². The Morgan fingerprint density at radius 3 is 2.92 bits per heavy atom. The molecule has 1 atom stereocenters. The molecule has 6 nitrogen and oxygen atoms in total. The third kappa shape index (κ3) is 4.01. The molecule has 26 heavy (non-hydrogen) atoms. The zero-order valence-electron chi connectivity index (χ0n) is 15.4. The summed E-state index contributed by atoms with van der Waals surface area (Å²) in [4.78, 5) is 29.0. The number of carbonyl (C=O) groups excluding carboxylic acids is 2. The van der Waals surface area contributed by atoms with E-state index >= 15 is 0 Å². The van der Waals surface area contributed by atoms with Crippen LogP contribution < -0.4 is 4.74 Å². The van der Waals surface area contributed by atoms with Crippen molar-refractivity contribution in [1.82, 2.24) is 9.80 Å². The van der Waals surface area contributed by atoms with Gasteiger partial charge in [-0.15, -0.1) is 0 Å². The van der Waals surface area contributed by atoms with Crippen LogP contribution in [-0.2, 0) is 4.79 Å². The number of carbonyl (C=O) groups is 2. The molecule has 0 aliphatic carbocycles. The number of methoxy groups -OCH3 is 1. The van der Waals surface area contributed by atoms with Crippen molar-refractivity contribution in [2.75, 3.05) is 39.9 Å². The maximum Gasteiger partial charge on any atom is 0.254 e. The van der Waals surface area contributed by atoms with Gasteiger partial charge in [0.25, 0.3) is 5.91 Å². The number of aliphatic hydroxyl groups excluding tert-OH is 1. The van der Waals surface area contributed by atoms with Crippen LogP contribution in [0.5, 0.6) is 5.75 Å². The first kappa shape index (κ1) is 18.7. The first-order chi connectivity index (χ1) is 12.6. The van der Waals surface area contributed by atoms with Gasteiger partial charge in [0.15, 0.2) is 0 Å². The lowest BCUT2D eigenvalue weighted by molar-refractivity contribution is -0.139. The van der Waals surface area contributed by atoms with Gasteiger partial charge in [-0.1, -0.05) is 6.07 Å². The summed E-state index contributed by atoms with van der Waals surface area (Å²) >= 11 is 0. The highest BCUT2D eigenvalue weighted by Crippen LogP contribution is 2.39. The number of rotatable bonds is 5. The fraction of sp³-hybridized carbons (Fsp3) is 0.600. The lowest BCUT2D eigenvalue weighted by Gasteiger charge is -2.48. The van der Waals surface area contributed by atoms with Crippen molar-refractivity contribution in [3.05, 3.63) is 29.8 Å². The molecule has 0 aromatic heterocycles. The smallest absolute Gasteiger partial charge is 0.254 e. The molecule has 0 bridgehead atoms. The monoisotopic (exact) mass is 360 g/mol. The van der Waals surface area contributed by atoms with Gasteiger partial charge in [-0.2, -0.15) is 0 Å². The Labute approximate surface area is 154 Å². The van der Waals surface area contributed by atoms with Crippen LogP contribution in [0.3, 0.4) is 0 Å². The Morgan fingerprint density at radius 1 is 1.31 bits per heavy atom. The Hall–Kier alpha value is -2.08. The predicted octanol–water partition coefficient (Wildman–Crippen LogP) is 1.92. The fourth-order valence-electron chi connectivity index (χ4n) is 4.22. The van der Waals surface area contributed by atoms with Crippen LogP contribution >= 0.6 is 0 Å². The van der Waals surface area contributed by atoms with Crippen LogP contribution in [0.4, 0.5) is 0 Å². The summed E-state index contributed by atoms with van der Waals surface area (Å²) in [5, 5.41) is 9.07. The molecule has 2 saturated heterocycles. The quantitative estimate of drug-likeness (QED) is 0.871. The van der Waals surface area contributed by atoms with Gasteiger partial charge in [-0.25, -0.2) is 0 Å². The van der Waals surface area contributed by atoms with Crippen LogP contribution in [0.2, 0.25) is 0 Å². The van der Waals surface area contributed by atoms with Gasteiger partial charge in [0.2, 0.25) is 5.91 Å². The molecule has 6 heteroatoms. The van der Waals surface area contributed by atoms with E-state index in [9.17, 15) is 9.59 Å². The Morgan fingerprint density at radius 2 is 2.15 bits per heavy atom. The molecule has 2 heterocycles. The minimum absolute atomic E-state index is 0.0177. The fourth-order valence-corrected chi connectivity index (χ4v) is 4.22. The van der Waals surface area contributed by atoms with Gasteiger partial charge >= 0.3 is 0 Å². The van der Waals surface area contributed by atoms with E-state index < -0.39 is 0 Å². The van der Waals surface area contributed by atoms with Crippen LogP contribution in [0, 0.1) is 5.41 Å². The van der Waals surface area contributed by atoms with Crippen LogP contribution in [0.15, 0.2) is 24.3 Å². The first-order valence-electron chi connectivity index (χ1n) is 9.39. The number of aliphatic hydroxyl groups is 1. The predicted molar refractivity (Wildman–Crippen MR) is 98.1 cm³/mol. The molecule has 0 saturated carbocycles. The summed E-state index contributed by atoms with van der Waals surface area (Å²) in [5.74, 6) is 0.878. The Kier molecular flexibility index (Phi) is 5.81. The minimum Gasteiger partial charge on any atom is -0.497 e. The molecular formula is C20H28N2O4. The summed E-state index contributed by atoms with van der Waals surface area (Å²) in [7, 11) is 1.60. The second-order valence-corrected chi connectivity index (χ2v) is 7.45. The lowest BCUT2D eigenvalue weighted by atomic mass is 9.73. The topological polar surface area (TPSA) is 70.1 Å². The van der Waals surface area contributed by atoms with E-state index in [4.69, 9.17) is 9.84 Å². The highest BCUT2D eigenvalue weighted by atomic mass is 16.5. The maximum atomic E-state index is 13.0. The van der Waals surface area contributed by atoms with E-state index in [2.05, 4.69) is 0 Å². The van der Waals surface area contributed by atoms with Gasteiger partial charge in [0.1, 0.15) is 5.75 Å². The molecule has 2 aliphatic heterocycles. The van der Waals surface area contributed by atoms with Crippen molar-refractivity contribution < 1.29 is 19.4 Å². The Bertz CT molecular complexity index is 663. The largest absolute Gasteiger partial charge is 0.497 e. The van der Waals surface area contributed by atoms with Crippen molar-refractivity contribution in [2.24, 2.45) is 5.41 Å². The number of amides is 2. The number of ether oxygens (including phenoxy) is 1. The average molecular weight is 360 g/mol. The zero-order chi connectivity index (χ0) is 18.6. The number of nitrogens with zero attached hydrogens (tertiary/aromatic N) is 2. The molecule has 1 spiro atoms. The van der Waals surface area contributed by atoms with Gasteiger partial charge in [0, 0.05) is 50.2 Å². The van der Waals surface area contributed by atoms with Crippen LogP contribution in [0.1, 0.15) is 42.5 Å². The number of benzene rings is 1. The molecule has 1 aromatic carbocycles. The highest BCUT2D eigenvalue weighted by Gasteiger charge is 2.42. The van der Waals surface area contributed by atoms with E-state index in [1.807, 2.05) is 28.0 Å².